The van der Waals surface area contributed by atoms with Gasteiger partial charge in [0, 0.05) is 17.5 Å². The summed E-state index contributed by atoms with van der Waals surface area (Å²) < 4.78 is 28.2. The molecule has 0 aliphatic carbocycles. The van der Waals surface area contributed by atoms with Gasteiger partial charge < -0.3 is 23.7 Å². The van der Waals surface area contributed by atoms with Crippen LogP contribution in [0.5, 0.6) is 28.7 Å². The van der Waals surface area contributed by atoms with Gasteiger partial charge in [-0.2, -0.15) is 5.10 Å². The third-order valence-corrected chi connectivity index (χ3v) is 6.11. The van der Waals surface area contributed by atoms with Crippen LogP contribution in [0.2, 0.25) is 0 Å². The first-order valence-electron chi connectivity index (χ1n) is 10.7. The minimum Gasteiger partial charge on any atom is -0.497 e. The van der Waals surface area contributed by atoms with E-state index in [1.165, 1.54) is 0 Å². The summed E-state index contributed by atoms with van der Waals surface area (Å²) in [7, 11) is 6.59. The van der Waals surface area contributed by atoms with Crippen LogP contribution in [0.25, 0.3) is 0 Å². The van der Waals surface area contributed by atoms with Gasteiger partial charge in [-0.1, -0.05) is 0 Å². The molecular formula is C26H26N2O5. The summed E-state index contributed by atoms with van der Waals surface area (Å²) in [6, 6.07) is 19.7. The van der Waals surface area contributed by atoms with E-state index in [0.717, 1.165) is 46.1 Å². The predicted molar refractivity (Wildman–Crippen MR) is 125 cm³/mol. The third kappa shape index (κ3) is 3.69. The van der Waals surface area contributed by atoms with Gasteiger partial charge in [-0.15, -0.1) is 0 Å². The van der Waals surface area contributed by atoms with Gasteiger partial charge in [0.15, 0.2) is 11.5 Å². The van der Waals surface area contributed by atoms with Crippen molar-refractivity contribution in [3.8, 4) is 28.7 Å². The highest BCUT2D eigenvalue weighted by atomic mass is 16.5. The molecule has 0 bridgehead atoms. The van der Waals surface area contributed by atoms with E-state index >= 15 is 0 Å². The summed E-state index contributed by atoms with van der Waals surface area (Å²) in [5.41, 5.74) is 4.03. The maximum absolute atomic E-state index is 6.47. The molecule has 0 radical (unpaired) electrons. The summed E-state index contributed by atoms with van der Waals surface area (Å²) in [6.07, 6.45) is 0.339. The van der Waals surface area contributed by atoms with Gasteiger partial charge in [0.05, 0.1) is 40.2 Å². The van der Waals surface area contributed by atoms with Crippen molar-refractivity contribution in [1.29, 1.82) is 0 Å². The molecule has 7 heteroatoms. The van der Waals surface area contributed by atoms with Crippen molar-refractivity contribution in [3.05, 3.63) is 77.4 Å². The van der Waals surface area contributed by atoms with Crippen LogP contribution in [0.4, 0.5) is 0 Å². The molecule has 7 nitrogen and oxygen atoms in total. The van der Waals surface area contributed by atoms with Crippen LogP contribution in [-0.4, -0.2) is 39.2 Å². The molecule has 0 aromatic heterocycles. The van der Waals surface area contributed by atoms with Gasteiger partial charge >= 0.3 is 0 Å². The quantitative estimate of drug-likeness (QED) is 0.533. The van der Waals surface area contributed by atoms with E-state index in [1.807, 2.05) is 65.7 Å². The molecule has 2 heterocycles. The van der Waals surface area contributed by atoms with Gasteiger partial charge in [-0.3, -0.25) is 0 Å². The monoisotopic (exact) mass is 446 g/mol. The number of benzene rings is 3. The van der Waals surface area contributed by atoms with Crippen molar-refractivity contribution in [2.24, 2.45) is 5.10 Å². The Hall–Kier alpha value is -3.87. The van der Waals surface area contributed by atoms with Gasteiger partial charge in [0.2, 0.25) is 6.23 Å². The Balaban J connectivity index is 1.58. The highest BCUT2D eigenvalue weighted by molar-refractivity contribution is 6.02. The summed E-state index contributed by atoms with van der Waals surface area (Å²) in [5.74, 6) is 3.75. The van der Waals surface area contributed by atoms with Gasteiger partial charge in [-0.25, -0.2) is 5.01 Å². The zero-order chi connectivity index (χ0) is 22.9. The fourth-order valence-electron chi connectivity index (χ4n) is 4.38. The highest BCUT2D eigenvalue weighted by Gasteiger charge is 2.41. The smallest absolute Gasteiger partial charge is 0.214 e. The molecule has 0 saturated carbocycles. The molecule has 5 rings (SSSR count). The molecule has 2 aliphatic heterocycles. The zero-order valence-electron chi connectivity index (χ0n) is 19.1. The Kier molecular flexibility index (Phi) is 5.46. The van der Waals surface area contributed by atoms with Crippen LogP contribution < -0.4 is 23.7 Å². The first kappa shape index (κ1) is 21.0. The first-order valence-corrected chi connectivity index (χ1v) is 10.7. The van der Waals surface area contributed by atoms with Crippen molar-refractivity contribution < 1.29 is 23.7 Å². The molecule has 3 aromatic rings. The lowest BCUT2D eigenvalue weighted by Crippen LogP contribution is -2.33. The molecule has 2 atom stereocenters. The van der Waals surface area contributed by atoms with Crippen molar-refractivity contribution in [1.82, 2.24) is 5.01 Å². The van der Waals surface area contributed by atoms with Crippen LogP contribution in [-0.2, 0) is 0 Å². The molecule has 0 N–H and O–H groups in total. The van der Waals surface area contributed by atoms with Gasteiger partial charge in [-0.05, 0) is 66.2 Å². The lowest BCUT2D eigenvalue weighted by Gasteiger charge is -2.38. The molecule has 0 fully saturated rings. The number of hydrazone groups is 1. The fourth-order valence-corrected chi connectivity index (χ4v) is 4.38. The Morgan fingerprint density at radius 3 is 2.21 bits per heavy atom. The van der Waals surface area contributed by atoms with Crippen LogP contribution in [0.15, 0.2) is 65.8 Å². The van der Waals surface area contributed by atoms with Crippen LogP contribution in [0.1, 0.15) is 35.4 Å². The maximum Gasteiger partial charge on any atom is 0.214 e. The van der Waals surface area contributed by atoms with Crippen LogP contribution >= 0.6 is 0 Å². The average Bonchev–Trinajstić information content (AvgIpc) is 3.33. The minimum absolute atomic E-state index is 0.0130. The van der Waals surface area contributed by atoms with E-state index in [-0.39, 0.29) is 6.04 Å². The predicted octanol–water partition coefficient (Wildman–Crippen LogP) is 4.96. The molecule has 0 amide bonds. The molecular weight excluding hydrogens is 420 g/mol. The van der Waals surface area contributed by atoms with Crippen molar-refractivity contribution >= 4 is 5.71 Å². The molecule has 0 saturated heterocycles. The average molecular weight is 447 g/mol. The van der Waals surface area contributed by atoms with E-state index in [1.54, 1.807) is 28.4 Å². The molecule has 0 unspecified atom stereocenters. The largest absolute Gasteiger partial charge is 0.497 e. The van der Waals surface area contributed by atoms with E-state index < -0.39 is 6.23 Å². The second kappa shape index (κ2) is 8.58. The molecule has 2 aliphatic rings. The Morgan fingerprint density at radius 2 is 1.52 bits per heavy atom. The van der Waals surface area contributed by atoms with Crippen molar-refractivity contribution in [2.45, 2.75) is 18.7 Å². The van der Waals surface area contributed by atoms with Gasteiger partial charge in [0.25, 0.3) is 0 Å². The second-order valence-electron chi connectivity index (χ2n) is 7.86. The van der Waals surface area contributed by atoms with E-state index in [4.69, 9.17) is 28.8 Å². The number of fused-ring (bicyclic) bond motifs is 3. The lowest BCUT2D eigenvalue weighted by atomic mass is 9.95. The van der Waals surface area contributed by atoms with Gasteiger partial charge in [0.1, 0.15) is 17.2 Å². The second-order valence-corrected chi connectivity index (χ2v) is 7.86. The summed E-state index contributed by atoms with van der Waals surface area (Å²) >= 11 is 0. The van der Waals surface area contributed by atoms with E-state index in [9.17, 15) is 0 Å². The lowest BCUT2D eigenvalue weighted by molar-refractivity contribution is -0.0193. The Bertz CT molecular complexity index is 1190. The van der Waals surface area contributed by atoms with Crippen molar-refractivity contribution in [3.63, 3.8) is 0 Å². The molecule has 170 valence electrons. The zero-order valence-corrected chi connectivity index (χ0v) is 19.1. The molecule has 0 spiro atoms. The fraction of sp³-hybridized carbons (Fsp3) is 0.269. The third-order valence-electron chi connectivity index (χ3n) is 6.11. The standard InChI is InChI=1S/C26H26N2O5/c1-29-18-8-5-16(6-9-18)21-15-22-20-14-19(30-2)10-12-23(20)33-26(28(22)27-21)17-7-11-24(31-3)25(13-17)32-4/h5-14,22,26H,15H2,1-4H3/t22-,26+/m0/s1. The summed E-state index contributed by atoms with van der Waals surface area (Å²) in [4.78, 5) is 0. The minimum atomic E-state index is -0.411. The Labute approximate surface area is 193 Å². The van der Waals surface area contributed by atoms with E-state index in [2.05, 4.69) is 0 Å². The van der Waals surface area contributed by atoms with Crippen LogP contribution in [0, 0.1) is 0 Å². The number of nitrogens with zero attached hydrogens (tertiary/aromatic N) is 2. The number of hydrogen-bond acceptors (Lipinski definition) is 7. The first-order chi connectivity index (χ1) is 16.1. The van der Waals surface area contributed by atoms with Crippen LogP contribution in [0.3, 0.4) is 0 Å². The summed E-state index contributed by atoms with van der Waals surface area (Å²) in [5, 5.41) is 7.05. The molecule has 3 aromatic carbocycles. The molecule has 33 heavy (non-hydrogen) atoms. The summed E-state index contributed by atoms with van der Waals surface area (Å²) in [6.45, 7) is 0. The number of ether oxygens (including phenoxy) is 5. The number of methoxy groups -OCH3 is 4. The highest BCUT2D eigenvalue weighted by Crippen LogP contribution is 2.49. The number of rotatable bonds is 6. The SMILES string of the molecule is COc1ccc(C2=NN3[C@@H](c4ccc(OC)c(OC)c4)Oc4ccc(OC)cc4[C@@H]3C2)cc1. The van der Waals surface area contributed by atoms with E-state index in [0.29, 0.717) is 11.5 Å². The normalized spacial score (nSPS) is 18.5. The topological polar surface area (TPSA) is 61.8 Å². The maximum atomic E-state index is 6.47. The van der Waals surface area contributed by atoms with Crippen molar-refractivity contribution in [2.75, 3.05) is 28.4 Å². The number of hydrogen-bond donors (Lipinski definition) is 0. The Morgan fingerprint density at radius 1 is 0.788 bits per heavy atom.